The molecular weight excluding hydrogens is 81.0 g/mol. The molecule has 1 atom stereocenters. The van der Waals surface area contributed by atoms with Gasteiger partial charge < -0.3 is 0 Å². The monoisotopic (exact) mass is 87.0 g/mol. The maximum Gasteiger partial charge on any atom is 0.0602 e. The average molecular weight is 87.1 g/mol. The van der Waals surface area contributed by atoms with Crippen molar-refractivity contribution in [2.45, 2.75) is 0 Å². The first kappa shape index (κ1) is 4.95. The average Bonchev–Trinajstić information content (AvgIpc) is 1.41. The van der Waals surface area contributed by atoms with Crippen LogP contribution in [-0.4, -0.2) is 6.54 Å². The Morgan fingerprint density at radius 3 is 2.60 bits per heavy atom. The van der Waals surface area contributed by atoms with Gasteiger partial charge in [0.1, 0.15) is 0 Å². The minimum Gasteiger partial charge on any atom is -0.290 e. The zero-order chi connectivity index (χ0) is 4.12. The van der Waals surface area contributed by atoms with Gasteiger partial charge in [0.05, 0.1) is 6.54 Å². The fourth-order valence-electron chi connectivity index (χ4n) is 0.0589. The van der Waals surface area contributed by atoms with E-state index in [9.17, 15) is 0 Å². The quantitative estimate of drug-likeness (QED) is 0.350. The molecule has 0 aliphatic rings. The highest BCUT2D eigenvalue weighted by atomic mass is 31.0. The van der Waals surface area contributed by atoms with Crippen LogP contribution >= 0.6 is 9.39 Å². The summed E-state index contributed by atoms with van der Waals surface area (Å²) in [7, 11) is 2.31. The lowest BCUT2D eigenvalue weighted by Crippen LogP contribution is -1.93. The Morgan fingerprint density at radius 1 is 2.00 bits per heavy atom. The van der Waals surface area contributed by atoms with Crippen molar-refractivity contribution in [1.82, 2.24) is 5.09 Å². The van der Waals surface area contributed by atoms with Gasteiger partial charge in [-0.25, -0.2) is 0 Å². The van der Waals surface area contributed by atoms with Gasteiger partial charge in [-0.05, 0) is 0 Å². The summed E-state index contributed by atoms with van der Waals surface area (Å²) < 4.78 is 0. The van der Waals surface area contributed by atoms with Gasteiger partial charge in [0.2, 0.25) is 0 Å². The Morgan fingerprint density at radius 2 is 2.60 bits per heavy atom. The van der Waals surface area contributed by atoms with Crippen molar-refractivity contribution in [3.8, 4) is 12.3 Å². The van der Waals surface area contributed by atoms with Crippen molar-refractivity contribution in [2.24, 2.45) is 0 Å². The molecule has 0 bridgehead atoms. The van der Waals surface area contributed by atoms with E-state index in [0.717, 1.165) is 0 Å². The Bertz CT molecular complexity index is 45.3. The largest absolute Gasteiger partial charge is 0.290 e. The second-order valence-electron chi connectivity index (χ2n) is 0.585. The highest BCUT2D eigenvalue weighted by Gasteiger charge is 1.56. The first-order chi connectivity index (χ1) is 2.41. The molecule has 1 nitrogen and oxygen atoms in total. The second-order valence-corrected chi connectivity index (χ2v) is 0.993. The van der Waals surface area contributed by atoms with Crippen molar-refractivity contribution in [1.29, 1.82) is 0 Å². The van der Waals surface area contributed by atoms with E-state index in [1.165, 1.54) is 0 Å². The van der Waals surface area contributed by atoms with Crippen molar-refractivity contribution < 1.29 is 0 Å². The molecular formula is C3H6NP. The predicted octanol–water partition coefficient (Wildman–Crippen LogP) is -0.000700. The number of hydrogen-bond acceptors (Lipinski definition) is 1. The summed E-state index contributed by atoms with van der Waals surface area (Å²) in [5.41, 5.74) is 0. The van der Waals surface area contributed by atoms with E-state index in [0.29, 0.717) is 6.54 Å². The van der Waals surface area contributed by atoms with E-state index in [-0.39, 0.29) is 0 Å². The van der Waals surface area contributed by atoms with Crippen LogP contribution in [0.1, 0.15) is 0 Å². The molecule has 0 fully saturated rings. The summed E-state index contributed by atoms with van der Waals surface area (Å²) in [5, 5.41) is 2.70. The van der Waals surface area contributed by atoms with Crippen LogP contribution in [0.15, 0.2) is 0 Å². The number of rotatable bonds is 1. The van der Waals surface area contributed by atoms with Crippen molar-refractivity contribution in [3.05, 3.63) is 0 Å². The minimum absolute atomic E-state index is 0.630. The lowest BCUT2D eigenvalue weighted by molar-refractivity contribution is 1.17. The molecule has 28 valence electrons. The van der Waals surface area contributed by atoms with Crippen LogP contribution in [0.4, 0.5) is 0 Å². The van der Waals surface area contributed by atoms with Gasteiger partial charge in [0.15, 0.2) is 0 Å². The molecule has 0 radical (unpaired) electrons. The molecule has 0 aliphatic carbocycles. The summed E-state index contributed by atoms with van der Waals surface area (Å²) in [4.78, 5) is 0. The Hall–Kier alpha value is -0.0500. The molecule has 2 heteroatoms. The third-order valence-corrected chi connectivity index (χ3v) is 0.408. The summed E-state index contributed by atoms with van der Waals surface area (Å²) >= 11 is 0. The predicted molar refractivity (Wildman–Crippen MR) is 26.5 cm³/mol. The molecule has 0 aromatic carbocycles. The highest BCUT2D eigenvalue weighted by molar-refractivity contribution is 7.13. The second kappa shape index (κ2) is 3.95. The van der Waals surface area contributed by atoms with E-state index in [2.05, 4.69) is 20.4 Å². The zero-order valence-electron chi connectivity index (χ0n) is 2.86. The molecule has 0 aromatic rings. The number of terminal acetylenes is 1. The van der Waals surface area contributed by atoms with Crippen LogP contribution in [0.25, 0.3) is 0 Å². The molecule has 0 spiro atoms. The summed E-state index contributed by atoms with van der Waals surface area (Å²) in [5.74, 6) is 2.39. The standard InChI is InChI=1S/C3H6NP/c1-2-3-4-5/h1,4H,3,5H2. The van der Waals surface area contributed by atoms with Crippen LogP contribution in [0.3, 0.4) is 0 Å². The molecule has 0 amide bonds. The fourth-order valence-corrected chi connectivity index (χ4v) is 0.177. The minimum atomic E-state index is 0.630. The van der Waals surface area contributed by atoms with E-state index < -0.39 is 0 Å². The van der Waals surface area contributed by atoms with Crippen LogP contribution in [0.5, 0.6) is 0 Å². The molecule has 5 heavy (non-hydrogen) atoms. The lowest BCUT2D eigenvalue weighted by Gasteiger charge is -1.76. The summed E-state index contributed by atoms with van der Waals surface area (Å²) in [6.45, 7) is 0.630. The molecule has 1 unspecified atom stereocenters. The normalized spacial score (nSPS) is 6.40. The van der Waals surface area contributed by atoms with E-state index >= 15 is 0 Å². The number of hydrogen-bond donors (Lipinski definition) is 1. The number of nitrogens with one attached hydrogen (secondary N) is 1. The maximum atomic E-state index is 4.81. The van der Waals surface area contributed by atoms with Crippen LogP contribution < -0.4 is 5.09 Å². The molecule has 0 saturated carbocycles. The van der Waals surface area contributed by atoms with Crippen LogP contribution in [-0.2, 0) is 0 Å². The smallest absolute Gasteiger partial charge is 0.0602 e. The topological polar surface area (TPSA) is 12.0 Å². The van der Waals surface area contributed by atoms with Gasteiger partial charge in [0.25, 0.3) is 0 Å². The zero-order valence-corrected chi connectivity index (χ0v) is 4.02. The first-order valence-corrected chi connectivity index (χ1v) is 1.86. The Labute approximate surface area is 34.4 Å². The van der Waals surface area contributed by atoms with Crippen LogP contribution in [0.2, 0.25) is 0 Å². The lowest BCUT2D eigenvalue weighted by atomic mass is 10.7. The molecule has 1 N–H and O–H groups in total. The maximum absolute atomic E-state index is 4.81. The SMILES string of the molecule is C#CCNP. The Balaban J connectivity index is 2.48. The molecule has 0 aliphatic heterocycles. The van der Waals surface area contributed by atoms with Crippen molar-refractivity contribution in [3.63, 3.8) is 0 Å². The fraction of sp³-hybridized carbons (Fsp3) is 0.333. The van der Waals surface area contributed by atoms with E-state index in [1.54, 1.807) is 0 Å². The molecule has 0 rings (SSSR count). The summed E-state index contributed by atoms with van der Waals surface area (Å²) in [6.07, 6.45) is 4.81. The van der Waals surface area contributed by atoms with Gasteiger partial charge in [-0.3, -0.25) is 5.09 Å². The molecule has 0 heterocycles. The molecule has 0 aromatic heterocycles. The van der Waals surface area contributed by atoms with Gasteiger partial charge in [-0.1, -0.05) is 15.3 Å². The van der Waals surface area contributed by atoms with Gasteiger partial charge >= 0.3 is 0 Å². The third-order valence-electron chi connectivity index (χ3n) is 0.204. The van der Waals surface area contributed by atoms with Crippen molar-refractivity contribution in [2.75, 3.05) is 6.54 Å². The van der Waals surface area contributed by atoms with Gasteiger partial charge in [0, 0.05) is 0 Å². The van der Waals surface area contributed by atoms with Gasteiger partial charge in [-0.2, -0.15) is 0 Å². The van der Waals surface area contributed by atoms with Crippen LogP contribution in [0, 0.1) is 12.3 Å². The Kier molecular flexibility index (Phi) is 3.91. The van der Waals surface area contributed by atoms with E-state index in [1.807, 2.05) is 0 Å². The highest BCUT2D eigenvalue weighted by Crippen LogP contribution is 1.59. The first-order valence-electron chi connectivity index (χ1n) is 1.28. The van der Waals surface area contributed by atoms with E-state index in [4.69, 9.17) is 6.42 Å². The third kappa shape index (κ3) is 3.95. The summed E-state index contributed by atoms with van der Waals surface area (Å²) in [6, 6.07) is 0. The molecule has 0 saturated heterocycles. The van der Waals surface area contributed by atoms with Crippen molar-refractivity contribution >= 4 is 9.39 Å². The van der Waals surface area contributed by atoms with Gasteiger partial charge in [-0.15, -0.1) is 6.42 Å².